The molecule has 1 atom stereocenters. The summed E-state index contributed by atoms with van der Waals surface area (Å²) in [6.07, 6.45) is 0.338. The Balaban J connectivity index is 2.87. The van der Waals surface area contributed by atoms with Gasteiger partial charge >= 0.3 is 11.9 Å². The summed E-state index contributed by atoms with van der Waals surface area (Å²) < 4.78 is 15.2. The van der Waals surface area contributed by atoms with Crippen molar-refractivity contribution in [2.45, 2.75) is 33.1 Å². The van der Waals surface area contributed by atoms with E-state index >= 15 is 0 Å². The summed E-state index contributed by atoms with van der Waals surface area (Å²) in [5.74, 6) is -1.23. The molecule has 0 saturated heterocycles. The van der Waals surface area contributed by atoms with Gasteiger partial charge in [0.2, 0.25) is 0 Å². The van der Waals surface area contributed by atoms with Gasteiger partial charge in [0, 0.05) is 0 Å². The molecule has 1 aromatic carbocycles. The molecule has 122 valence electrons. The van der Waals surface area contributed by atoms with Gasteiger partial charge in [0.15, 0.2) is 5.92 Å². The lowest BCUT2D eigenvalue weighted by Gasteiger charge is -2.19. The highest BCUT2D eigenvalue weighted by atomic mass is 16.6. The first-order valence-electron chi connectivity index (χ1n) is 7.50. The van der Waals surface area contributed by atoms with E-state index in [1.807, 2.05) is 31.2 Å². The van der Waals surface area contributed by atoms with Crippen LogP contribution in [-0.2, 0) is 19.1 Å². The van der Waals surface area contributed by atoms with E-state index in [4.69, 9.17) is 14.2 Å². The highest BCUT2D eigenvalue weighted by Gasteiger charge is 2.31. The van der Waals surface area contributed by atoms with Crippen LogP contribution < -0.4 is 4.74 Å². The molecule has 5 heteroatoms. The zero-order chi connectivity index (χ0) is 16.5. The van der Waals surface area contributed by atoms with Crippen LogP contribution in [0.2, 0.25) is 0 Å². The lowest BCUT2D eigenvalue weighted by Crippen LogP contribution is -2.29. The summed E-state index contributed by atoms with van der Waals surface area (Å²) in [7, 11) is 1.60. The van der Waals surface area contributed by atoms with Crippen LogP contribution in [0.3, 0.4) is 0 Å². The third-order valence-electron chi connectivity index (χ3n) is 3.39. The van der Waals surface area contributed by atoms with E-state index in [1.54, 1.807) is 21.0 Å². The van der Waals surface area contributed by atoms with Crippen LogP contribution in [-0.4, -0.2) is 32.3 Å². The van der Waals surface area contributed by atoms with Crippen LogP contribution in [0.25, 0.3) is 0 Å². The SMILES string of the molecule is CCOC(=O)C(CC(C)c1cccc(OC)c1)C(=O)OCC. The molecule has 0 aliphatic carbocycles. The van der Waals surface area contributed by atoms with E-state index in [-0.39, 0.29) is 19.1 Å². The van der Waals surface area contributed by atoms with Gasteiger partial charge in [-0.15, -0.1) is 0 Å². The Morgan fingerprint density at radius 3 is 2.18 bits per heavy atom. The van der Waals surface area contributed by atoms with Gasteiger partial charge in [-0.2, -0.15) is 0 Å². The average Bonchev–Trinajstić information content (AvgIpc) is 2.52. The van der Waals surface area contributed by atoms with Crippen molar-refractivity contribution >= 4 is 11.9 Å². The van der Waals surface area contributed by atoms with Crippen molar-refractivity contribution < 1.29 is 23.8 Å². The number of methoxy groups -OCH3 is 1. The van der Waals surface area contributed by atoms with Gasteiger partial charge in [-0.25, -0.2) is 0 Å². The molecule has 1 unspecified atom stereocenters. The molecule has 0 fully saturated rings. The first kappa shape index (κ1) is 18.0. The number of hydrogen-bond donors (Lipinski definition) is 0. The summed E-state index contributed by atoms with van der Waals surface area (Å²) in [5, 5.41) is 0. The van der Waals surface area contributed by atoms with Crippen molar-refractivity contribution in [2.75, 3.05) is 20.3 Å². The fourth-order valence-electron chi connectivity index (χ4n) is 2.21. The number of hydrogen-bond acceptors (Lipinski definition) is 5. The minimum absolute atomic E-state index is 0.00564. The Hall–Kier alpha value is -2.04. The van der Waals surface area contributed by atoms with Gasteiger partial charge in [0.1, 0.15) is 5.75 Å². The van der Waals surface area contributed by atoms with Gasteiger partial charge in [-0.1, -0.05) is 19.1 Å². The maximum Gasteiger partial charge on any atom is 0.320 e. The average molecular weight is 308 g/mol. The Morgan fingerprint density at radius 1 is 1.09 bits per heavy atom. The molecule has 5 nitrogen and oxygen atoms in total. The monoisotopic (exact) mass is 308 g/mol. The Bertz CT molecular complexity index is 480. The van der Waals surface area contributed by atoms with Gasteiger partial charge in [-0.3, -0.25) is 9.59 Å². The molecule has 1 aromatic rings. The maximum absolute atomic E-state index is 12.0. The third-order valence-corrected chi connectivity index (χ3v) is 3.39. The zero-order valence-electron chi connectivity index (χ0n) is 13.6. The van der Waals surface area contributed by atoms with Crippen molar-refractivity contribution in [1.29, 1.82) is 0 Å². The molecular formula is C17H24O5. The highest BCUT2D eigenvalue weighted by molar-refractivity contribution is 5.95. The smallest absolute Gasteiger partial charge is 0.320 e. The van der Waals surface area contributed by atoms with Gasteiger partial charge in [0.05, 0.1) is 20.3 Å². The minimum Gasteiger partial charge on any atom is -0.497 e. The Kier molecular flexibility index (Phi) is 7.43. The van der Waals surface area contributed by atoms with Gasteiger partial charge in [-0.05, 0) is 43.9 Å². The van der Waals surface area contributed by atoms with Crippen molar-refractivity contribution in [3.05, 3.63) is 29.8 Å². The number of carbonyl (C=O) groups excluding carboxylic acids is 2. The molecule has 0 saturated carbocycles. The van der Waals surface area contributed by atoms with Crippen LogP contribution in [0, 0.1) is 5.92 Å². The first-order chi connectivity index (χ1) is 10.5. The maximum atomic E-state index is 12.0. The van der Waals surface area contributed by atoms with E-state index in [0.717, 1.165) is 11.3 Å². The quantitative estimate of drug-likeness (QED) is 0.546. The summed E-state index contributed by atoms with van der Waals surface area (Å²) >= 11 is 0. The summed E-state index contributed by atoms with van der Waals surface area (Å²) in [5.41, 5.74) is 0.998. The van der Waals surface area contributed by atoms with E-state index in [2.05, 4.69) is 0 Å². The minimum atomic E-state index is -0.902. The van der Waals surface area contributed by atoms with Crippen LogP contribution in [0.1, 0.15) is 38.7 Å². The third kappa shape index (κ3) is 5.06. The molecular weight excluding hydrogens is 284 g/mol. The van der Waals surface area contributed by atoms with E-state index in [9.17, 15) is 9.59 Å². The number of rotatable bonds is 8. The molecule has 22 heavy (non-hydrogen) atoms. The topological polar surface area (TPSA) is 61.8 Å². The molecule has 0 radical (unpaired) electrons. The molecule has 0 bridgehead atoms. The summed E-state index contributed by atoms with van der Waals surface area (Å²) in [6.45, 7) is 5.86. The van der Waals surface area contributed by atoms with Gasteiger partial charge < -0.3 is 14.2 Å². The second-order valence-corrected chi connectivity index (χ2v) is 4.97. The van der Waals surface area contributed by atoms with Crippen LogP contribution >= 0.6 is 0 Å². The van der Waals surface area contributed by atoms with Gasteiger partial charge in [0.25, 0.3) is 0 Å². The lowest BCUT2D eigenvalue weighted by atomic mass is 9.90. The van der Waals surface area contributed by atoms with Crippen molar-refractivity contribution in [3.8, 4) is 5.75 Å². The lowest BCUT2D eigenvalue weighted by molar-refractivity contribution is -0.162. The van der Waals surface area contributed by atoms with Crippen molar-refractivity contribution in [1.82, 2.24) is 0 Å². The molecule has 0 heterocycles. The number of esters is 2. The van der Waals surface area contributed by atoms with Crippen molar-refractivity contribution in [2.24, 2.45) is 5.92 Å². The second-order valence-electron chi connectivity index (χ2n) is 4.97. The molecule has 0 aliphatic heterocycles. The van der Waals surface area contributed by atoms with Crippen LogP contribution in [0.4, 0.5) is 0 Å². The van der Waals surface area contributed by atoms with E-state index in [1.165, 1.54) is 0 Å². The summed E-state index contributed by atoms with van der Waals surface area (Å²) in [6, 6.07) is 7.58. The fourth-order valence-corrected chi connectivity index (χ4v) is 2.21. The second kappa shape index (κ2) is 9.07. The molecule has 0 spiro atoms. The molecule has 0 aromatic heterocycles. The molecule has 1 rings (SSSR count). The normalized spacial score (nSPS) is 11.9. The standard InChI is InChI=1S/C17H24O5/c1-5-21-16(18)15(17(19)22-6-2)10-12(3)13-8-7-9-14(11-13)20-4/h7-9,11-12,15H,5-6,10H2,1-4H3. The Labute approximate surface area is 131 Å². The predicted molar refractivity (Wildman–Crippen MR) is 82.8 cm³/mol. The molecule has 0 aliphatic rings. The zero-order valence-corrected chi connectivity index (χ0v) is 13.6. The molecule has 0 amide bonds. The largest absolute Gasteiger partial charge is 0.497 e. The van der Waals surface area contributed by atoms with Crippen molar-refractivity contribution in [3.63, 3.8) is 0 Å². The highest BCUT2D eigenvalue weighted by Crippen LogP contribution is 2.27. The van der Waals surface area contributed by atoms with E-state index in [0.29, 0.717) is 6.42 Å². The number of ether oxygens (including phenoxy) is 3. The van der Waals surface area contributed by atoms with Crippen LogP contribution in [0.15, 0.2) is 24.3 Å². The number of benzene rings is 1. The predicted octanol–water partition coefficient (Wildman–Crippen LogP) is 2.93. The Morgan fingerprint density at radius 2 is 1.68 bits per heavy atom. The van der Waals surface area contributed by atoms with Crippen LogP contribution in [0.5, 0.6) is 5.75 Å². The fraction of sp³-hybridized carbons (Fsp3) is 0.529. The first-order valence-corrected chi connectivity index (χ1v) is 7.50. The number of carbonyl (C=O) groups is 2. The summed E-state index contributed by atoms with van der Waals surface area (Å²) in [4.78, 5) is 24.0. The van der Waals surface area contributed by atoms with E-state index < -0.39 is 17.9 Å². The molecule has 0 N–H and O–H groups in total.